The normalized spacial score (nSPS) is 18.7. The van der Waals surface area contributed by atoms with Crippen molar-refractivity contribution in [2.45, 2.75) is 83.5 Å². The van der Waals surface area contributed by atoms with Crippen molar-refractivity contribution < 1.29 is 19.4 Å². The molecule has 20 heavy (non-hydrogen) atoms. The molecule has 1 amide bonds. The van der Waals surface area contributed by atoms with Crippen LogP contribution in [0.1, 0.15) is 65.2 Å². The molecule has 1 aliphatic carbocycles. The quantitative estimate of drug-likeness (QED) is 0.682. The summed E-state index contributed by atoms with van der Waals surface area (Å²) >= 11 is 0. The van der Waals surface area contributed by atoms with Crippen molar-refractivity contribution in [3.63, 3.8) is 0 Å². The minimum Gasteiger partial charge on any atom is -0.480 e. The maximum absolute atomic E-state index is 12.1. The van der Waals surface area contributed by atoms with Crippen LogP contribution in [0.15, 0.2) is 0 Å². The highest BCUT2D eigenvalue weighted by atomic mass is 16.5. The highest BCUT2D eigenvalue weighted by molar-refractivity contribution is 5.86. The van der Waals surface area contributed by atoms with E-state index in [1.165, 1.54) is 0 Å². The van der Waals surface area contributed by atoms with Crippen molar-refractivity contribution in [1.82, 2.24) is 5.32 Å². The molecule has 2 N–H and O–H groups in total. The largest absolute Gasteiger partial charge is 0.480 e. The molecular weight excluding hydrogens is 258 g/mol. The molecular formula is C15H27NO4. The molecule has 1 saturated carbocycles. The maximum Gasteiger partial charge on any atom is 0.326 e. The molecule has 0 radical (unpaired) electrons. The average Bonchev–Trinajstić information content (AvgIpc) is 2.93. The molecule has 0 aromatic rings. The summed E-state index contributed by atoms with van der Waals surface area (Å²) in [7, 11) is 0. The summed E-state index contributed by atoms with van der Waals surface area (Å²) in [6, 6.07) is -0.802. The molecule has 5 heteroatoms. The van der Waals surface area contributed by atoms with Crippen LogP contribution < -0.4 is 5.32 Å². The van der Waals surface area contributed by atoms with Crippen molar-refractivity contribution in [2.24, 2.45) is 0 Å². The molecule has 1 rings (SSSR count). The molecule has 2 unspecified atom stereocenters. The van der Waals surface area contributed by atoms with E-state index in [-0.39, 0.29) is 12.0 Å². The summed E-state index contributed by atoms with van der Waals surface area (Å²) < 4.78 is 5.80. The van der Waals surface area contributed by atoms with Crippen LogP contribution in [0.25, 0.3) is 0 Å². The predicted molar refractivity (Wildman–Crippen MR) is 76.5 cm³/mol. The second-order valence-corrected chi connectivity index (χ2v) is 5.48. The smallest absolute Gasteiger partial charge is 0.326 e. The van der Waals surface area contributed by atoms with E-state index in [2.05, 4.69) is 5.32 Å². The fourth-order valence-corrected chi connectivity index (χ4v) is 2.53. The Bertz CT molecular complexity index is 313. The van der Waals surface area contributed by atoms with Gasteiger partial charge < -0.3 is 15.2 Å². The van der Waals surface area contributed by atoms with E-state index in [0.717, 1.165) is 38.5 Å². The SMILES string of the molecule is CCCCC(NC(=O)C(CC)OC1CCCC1)C(=O)O. The van der Waals surface area contributed by atoms with E-state index in [0.29, 0.717) is 12.8 Å². The topological polar surface area (TPSA) is 75.6 Å². The number of carbonyl (C=O) groups is 2. The number of carboxylic acid groups (broad SMARTS) is 1. The standard InChI is InChI=1S/C15H27NO4/c1-3-5-10-12(15(18)19)16-14(17)13(4-2)20-11-8-6-7-9-11/h11-13H,3-10H2,1-2H3,(H,16,17)(H,18,19). The van der Waals surface area contributed by atoms with Gasteiger partial charge in [-0.05, 0) is 25.7 Å². The Labute approximate surface area is 121 Å². The lowest BCUT2D eigenvalue weighted by Gasteiger charge is -2.22. The number of rotatable bonds is 9. The second kappa shape index (κ2) is 8.95. The lowest BCUT2D eigenvalue weighted by Crippen LogP contribution is -2.46. The van der Waals surface area contributed by atoms with Gasteiger partial charge in [0.1, 0.15) is 12.1 Å². The molecule has 0 spiro atoms. The van der Waals surface area contributed by atoms with Crippen LogP contribution >= 0.6 is 0 Å². The number of amides is 1. The lowest BCUT2D eigenvalue weighted by atomic mass is 10.1. The number of nitrogens with one attached hydrogen (secondary N) is 1. The second-order valence-electron chi connectivity index (χ2n) is 5.48. The predicted octanol–water partition coefficient (Wildman–Crippen LogP) is 2.48. The van der Waals surface area contributed by atoms with Gasteiger partial charge >= 0.3 is 5.97 Å². The minimum atomic E-state index is -0.970. The third kappa shape index (κ3) is 5.49. The first kappa shape index (κ1) is 17.0. The van der Waals surface area contributed by atoms with Gasteiger partial charge in [-0.3, -0.25) is 4.79 Å². The Morgan fingerprint density at radius 1 is 1.30 bits per heavy atom. The first-order chi connectivity index (χ1) is 9.58. The molecule has 1 fully saturated rings. The number of aliphatic carboxylic acids is 1. The van der Waals surface area contributed by atoms with Crippen molar-refractivity contribution in [1.29, 1.82) is 0 Å². The van der Waals surface area contributed by atoms with Crippen LogP contribution in [-0.4, -0.2) is 35.2 Å². The Morgan fingerprint density at radius 2 is 1.95 bits per heavy atom. The van der Waals surface area contributed by atoms with Gasteiger partial charge in [0.2, 0.25) is 5.91 Å². The minimum absolute atomic E-state index is 0.157. The summed E-state index contributed by atoms with van der Waals surface area (Å²) in [6.07, 6.45) is 6.68. The number of hydrogen-bond acceptors (Lipinski definition) is 3. The summed E-state index contributed by atoms with van der Waals surface area (Å²) in [5.74, 6) is -1.26. The first-order valence-electron chi connectivity index (χ1n) is 7.77. The highest BCUT2D eigenvalue weighted by Crippen LogP contribution is 2.23. The number of carbonyl (C=O) groups excluding carboxylic acids is 1. The molecule has 5 nitrogen and oxygen atoms in total. The van der Waals surface area contributed by atoms with Crippen molar-refractivity contribution in [3.05, 3.63) is 0 Å². The summed E-state index contributed by atoms with van der Waals surface area (Å²) in [6.45, 7) is 3.89. The van der Waals surface area contributed by atoms with Crippen LogP contribution in [0.4, 0.5) is 0 Å². The Hall–Kier alpha value is -1.10. The van der Waals surface area contributed by atoms with Gasteiger partial charge in [-0.25, -0.2) is 4.79 Å². The Kier molecular flexibility index (Phi) is 7.59. The first-order valence-corrected chi connectivity index (χ1v) is 7.77. The van der Waals surface area contributed by atoms with Crippen LogP contribution in [0.5, 0.6) is 0 Å². The third-order valence-electron chi connectivity index (χ3n) is 3.78. The molecule has 0 aromatic carbocycles. The van der Waals surface area contributed by atoms with E-state index in [9.17, 15) is 9.59 Å². The van der Waals surface area contributed by atoms with Gasteiger partial charge in [0, 0.05) is 0 Å². The molecule has 0 aromatic heterocycles. The fourth-order valence-electron chi connectivity index (χ4n) is 2.53. The fraction of sp³-hybridized carbons (Fsp3) is 0.867. The molecule has 0 saturated heterocycles. The van der Waals surface area contributed by atoms with Crippen LogP contribution in [0.3, 0.4) is 0 Å². The Morgan fingerprint density at radius 3 is 2.45 bits per heavy atom. The monoisotopic (exact) mass is 285 g/mol. The molecule has 0 aliphatic heterocycles. The van der Waals surface area contributed by atoms with Crippen LogP contribution in [0.2, 0.25) is 0 Å². The van der Waals surface area contributed by atoms with Crippen LogP contribution in [-0.2, 0) is 14.3 Å². The Balaban J connectivity index is 2.48. The van der Waals surface area contributed by atoms with E-state index in [1.54, 1.807) is 0 Å². The van der Waals surface area contributed by atoms with Gasteiger partial charge in [0.25, 0.3) is 0 Å². The number of carboxylic acids is 1. The van der Waals surface area contributed by atoms with Gasteiger partial charge in [-0.2, -0.15) is 0 Å². The molecule has 1 aliphatic rings. The van der Waals surface area contributed by atoms with E-state index < -0.39 is 18.1 Å². The van der Waals surface area contributed by atoms with Crippen LogP contribution in [0, 0.1) is 0 Å². The zero-order chi connectivity index (χ0) is 15.0. The van der Waals surface area contributed by atoms with Gasteiger partial charge in [0.05, 0.1) is 6.10 Å². The van der Waals surface area contributed by atoms with Crippen molar-refractivity contribution in [3.8, 4) is 0 Å². The van der Waals surface area contributed by atoms with E-state index in [1.807, 2.05) is 13.8 Å². The highest BCUT2D eigenvalue weighted by Gasteiger charge is 2.27. The molecule has 2 atom stereocenters. The molecule has 0 bridgehead atoms. The number of ether oxygens (including phenoxy) is 1. The van der Waals surface area contributed by atoms with Gasteiger partial charge in [-0.1, -0.05) is 39.5 Å². The van der Waals surface area contributed by atoms with E-state index in [4.69, 9.17) is 9.84 Å². The third-order valence-corrected chi connectivity index (χ3v) is 3.78. The van der Waals surface area contributed by atoms with Gasteiger partial charge in [-0.15, -0.1) is 0 Å². The maximum atomic E-state index is 12.1. The van der Waals surface area contributed by atoms with Crippen molar-refractivity contribution in [2.75, 3.05) is 0 Å². The van der Waals surface area contributed by atoms with E-state index >= 15 is 0 Å². The number of hydrogen-bond donors (Lipinski definition) is 2. The zero-order valence-corrected chi connectivity index (χ0v) is 12.6. The summed E-state index contributed by atoms with van der Waals surface area (Å²) in [4.78, 5) is 23.3. The van der Waals surface area contributed by atoms with Crippen molar-refractivity contribution >= 4 is 11.9 Å². The summed E-state index contributed by atoms with van der Waals surface area (Å²) in [5.41, 5.74) is 0. The lowest BCUT2D eigenvalue weighted by molar-refractivity contribution is -0.146. The summed E-state index contributed by atoms with van der Waals surface area (Å²) in [5, 5.41) is 11.7. The zero-order valence-electron chi connectivity index (χ0n) is 12.6. The average molecular weight is 285 g/mol. The number of unbranched alkanes of at least 4 members (excludes halogenated alkanes) is 1. The molecule has 116 valence electrons. The van der Waals surface area contributed by atoms with Gasteiger partial charge in [0.15, 0.2) is 0 Å². The molecule has 0 heterocycles.